The van der Waals surface area contributed by atoms with Crippen LogP contribution in [0.2, 0.25) is 0 Å². The van der Waals surface area contributed by atoms with Crippen molar-refractivity contribution < 1.29 is 14.3 Å². The number of carbonyl (C=O) groups is 2. The zero-order valence-corrected chi connectivity index (χ0v) is 16.4. The predicted molar refractivity (Wildman–Crippen MR) is 111 cm³/mol. The summed E-state index contributed by atoms with van der Waals surface area (Å²) in [5.74, 6) is 0.221. The number of nitrogens with one attached hydrogen (secondary N) is 1. The van der Waals surface area contributed by atoms with E-state index in [1.807, 2.05) is 36.1 Å². The monoisotopic (exact) mass is 390 g/mol. The molecule has 2 heterocycles. The maximum absolute atomic E-state index is 13.1. The van der Waals surface area contributed by atoms with E-state index < -0.39 is 5.97 Å². The van der Waals surface area contributed by atoms with Crippen molar-refractivity contribution in [3.63, 3.8) is 0 Å². The topological polar surface area (TPSA) is 84.4 Å². The van der Waals surface area contributed by atoms with E-state index >= 15 is 0 Å². The predicted octanol–water partition coefficient (Wildman–Crippen LogP) is 3.33. The van der Waals surface area contributed by atoms with Crippen LogP contribution in [0.4, 0.5) is 11.5 Å². The van der Waals surface area contributed by atoms with Crippen molar-refractivity contribution >= 4 is 34.3 Å². The molecule has 1 atom stereocenters. The zero-order valence-electron chi connectivity index (χ0n) is 16.4. The molecule has 1 amide bonds. The Bertz CT molecular complexity index is 1080. The molecule has 1 N–H and O–H groups in total. The first-order valence-corrected chi connectivity index (χ1v) is 9.54. The number of hydrogen-bond acceptors (Lipinski definition) is 6. The molecule has 4 rings (SSSR count). The average molecular weight is 390 g/mol. The smallest absolute Gasteiger partial charge is 0.337 e. The molecule has 148 valence electrons. The van der Waals surface area contributed by atoms with Gasteiger partial charge in [0.15, 0.2) is 0 Å². The highest BCUT2D eigenvalue weighted by Gasteiger charge is 2.33. The van der Waals surface area contributed by atoms with Crippen molar-refractivity contribution in [3.05, 3.63) is 59.9 Å². The molecule has 1 aliphatic rings. The van der Waals surface area contributed by atoms with Gasteiger partial charge in [0.25, 0.3) is 0 Å². The Morgan fingerprint density at radius 1 is 1.17 bits per heavy atom. The van der Waals surface area contributed by atoms with E-state index in [4.69, 9.17) is 4.74 Å². The van der Waals surface area contributed by atoms with E-state index in [9.17, 15) is 9.59 Å². The number of methoxy groups -OCH3 is 1. The van der Waals surface area contributed by atoms with E-state index in [-0.39, 0.29) is 11.9 Å². The molecule has 0 radical (unpaired) electrons. The molecule has 0 bridgehead atoms. The minimum absolute atomic E-state index is 0.115. The quantitative estimate of drug-likeness (QED) is 0.688. The summed E-state index contributed by atoms with van der Waals surface area (Å²) < 4.78 is 4.78. The summed E-state index contributed by atoms with van der Waals surface area (Å²) in [5.41, 5.74) is 2.74. The maximum atomic E-state index is 13.1. The molecule has 0 spiro atoms. The molecular formula is C22H22N4O3. The van der Waals surface area contributed by atoms with Crippen LogP contribution in [0.3, 0.4) is 0 Å². The van der Waals surface area contributed by atoms with Crippen molar-refractivity contribution in [2.24, 2.45) is 0 Å². The van der Waals surface area contributed by atoms with E-state index in [1.54, 1.807) is 18.2 Å². The number of carbonyl (C=O) groups excluding carboxylic acids is 2. The molecule has 7 nitrogen and oxygen atoms in total. The Morgan fingerprint density at radius 3 is 2.83 bits per heavy atom. The number of benzene rings is 2. The second-order valence-corrected chi connectivity index (χ2v) is 7.08. The van der Waals surface area contributed by atoms with E-state index in [0.717, 1.165) is 41.7 Å². The number of anilines is 2. The van der Waals surface area contributed by atoms with Gasteiger partial charge in [-0.05, 0) is 49.6 Å². The van der Waals surface area contributed by atoms with Crippen molar-refractivity contribution in [3.8, 4) is 0 Å². The molecule has 1 aliphatic heterocycles. The first kappa shape index (κ1) is 18.9. The lowest BCUT2D eigenvalue weighted by atomic mass is 10.1. The Hall–Kier alpha value is -3.48. The van der Waals surface area contributed by atoms with Crippen molar-refractivity contribution in [2.45, 2.75) is 25.8 Å². The highest BCUT2D eigenvalue weighted by Crippen LogP contribution is 2.30. The van der Waals surface area contributed by atoms with Crippen LogP contribution in [0.1, 0.15) is 28.8 Å². The van der Waals surface area contributed by atoms with E-state index in [0.29, 0.717) is 11.3 Å². The molecule has 3 aromatic rings. The largest absolute Gasteiger partial charge is 0.465 e. The SMILES string of the molecule is COC(=O)c1ccc(C)c(NC(=O)[C@H]2CCCN2c2ncnc3ccccc23)c1. The Labute approximate surface area is 168 Å². The minimum Gasteiger partial charge on any atom is -0.465 e. The van der Waals surface area contributed by atoms with Gasteiger partial charge in [-0.15, -0.1) is 0 Å². The third kappa shape index (κ3) is 3.63. The van der Waals surface area contributed by atoms with Gasteiger partial charge < -0.3 is 15.0 Å². The normalized spacial score (nSPS) is 16.1. The summed E-state index contributed by atoms with van der Waals surface area (Å²) in [4.78, 5) is 35.8. The number of aryl methyl sites for hydroxylation is 1. The summed E-state index contributed by atoms with van der Waals surface area (Å²) in [7, 11) is 1.34. The number of hydrogen-bond donors (Lipinski definition) is 1. The Kier molecular flexibility index (Phi) is 5.12. The molecule has 1 saturated heterocycles. The van der Waals surface area contributed by atoms with Gasteiger partial charge >= 0.3 is 5.97 Å². The number of ether oxygens (including phenoxy) is 1. The minimum atomic E-state index is -0.435. The van der Waals surface area contributed by atoms with Crippen LogP contribution in [-0.2, 0) is 9.53 Å². The second kappa shape index (κ2) is 7.87. The first-order valence-electron chi connectivity index (χ1n) is 9.54. The van der Waals surface area contributed by atoms with Gasteiger partial charge in [0, 0.05) is 17.6 Å². The lowest BCUT2D eigenvalue weighted by Crippen LogP contribution is -2.40. The summed E-state index contributed by atoms with van der Waals surface area (Å²) in [6.45, 7) is 2.64. The van der Waals surface area contributed by atoms with Gasteiger partial charge in [0.2, 0.25) is 5.91 Å². The van der Waals surface area contributed by atoms with E-state index in [1.165, 1.54) is 13.4 Å². The molecule has 0 unspecified atom stereocenters. The van der Waals surface area contributed by atoms with Crippen LogP contribution in [0.5, 0.6) is 0 Å². The lowest BCUT2D eigenvalue weighted by Gasteiger charge is -2.26. The number of fused-ring (bicyclic) bond motifs is 1. The Balaban J connectivity index is 1.61. The van der Waals surface area contributed by atoms with Crippen LogP contribution in [-0.4, -0.2) is 41.5 Å². The first-order chi connectivity index (χ1) is 14.1. The summed E-state index contributed by atoms with van der Waals surface area (Å²) in [5, 5.41) is 3.92. The summed E-state index contributed by atoms with van der Waals surface area (Å²) in [6, 6.07) is 12.6. The van der Waals surface area contributed by atoms with Crippen molar-refractivity contribution in [1.29, 1.82) is 0 Å². The number of esters is 1. The number of rotatable bonds is 4. The molecule has 1 fully saturated rings. The van der Waals surface area contributed by atoms with Crippen LogP contribution < -0.4 is 10.2 Å². The third-order valence-electron chi connectivity index (χ3n) is 5.27. The standard InChI is InChI=1S/C22H22N4O3/c1-14-9-10-15(22(28)29-2)12-18(14)25-21(27)19-8-5-11-26(19)20-16-6-3-4-7-17(16)23-13-24-20/h3-4,6-7,9-10,12-13,19H,5,8,11H2,1-2H3,(H,25,27)/t19-/m1/s1. The number of para-hydroxylation sites is 1. The van der Waals surface area contributed by atoms with Gasteiger partial charge in [-0.1, -0.05) is 18.2 Å². The fourth-order valence-electron chi connectivity index (χ4n) is 3.73. The summed E-state index contributed by atoms with van der Waals surface area (Å²) >= 11 is 0. The fraction of sp³-hybridized carbons (Fsp3) is 0.273. The average Bonchev–Trinajstić information content (AvgIpc) is 3.24. The number of nitrogens with zero attached hydrogens (tertiary/aromatic N) is 3. The molecule has 0 aliphatic carbocycles. The lowest BCUT2D eigenvalue weighted by molar-refractivity contribution is -0.117. The number of aromatic nitrogens is 2. The van der Waals surface area contributed by atoms with Gasteiger partial charge in [0.1, 0.15) is 18.2 Å². The number of amides is 1. The van der Waals surface area contributed by atoms with Crippen LogP contribution in [0.25, 0.3) is 10.9 Å². The molecule has 2 aromatic carbocycles. The van der Waals surface area contributed by atoms with Crippen LogP contribution >= 0.6 is 0 Å². The summed E-state index contributed by atoms with van der Waals surface area (Å²) in [6.07, 6.45) is 3.17. The van der Waals surface area contributed by atoms with Gasteiger partial charge in [-0.25, -0.2) is 14.8 Å². The molecule has 0 saturated carbocycles. The van der Waals surface area contributed by atoms with E-state index in [2.05, 4.69) is 15.3 Å². The fourth-order valence-corrected chi connectivity index (χ4v) is 3.73. The Morgan fingerprint density at radius 2 is 2.00 bits per heavy atom. The molecular weight excluding hydrogens is 368 g/mol. The highest BCUT2D eigenvalue weighted by molar-refractivity contribution is 6.00. The maximum Gasteiger partial charge on any atom is 0.337 e. The zero-order chi connectivity index (χ0) is 20.4. The third-order valence-corrected chi connectivity index (χ3v) is 5.27. The van der Waals surface area contributed by atoms with Crippen LogP contribution in [0, 0.1) is 6.92 Å². The van der Waals surface area contributed by atoms with Crippen LogP contribution in [0.15, 0.2) is 48.8 Å². The van der Waals surface area contributed by atoms with Crippen molar-refractivity contribution in [2.75, 3.05) is 23.9 Å². The molecule has 7 heteroatoms. The second-order valence-electron chi connectivity index (χ2n) is 7.08. The van der Waals surface area contributed by atoms with Gasteiger partial charge in [-0.3, -0.25) is 4.79 Å². The molecule has 1 aromatic heterocycles. The van der Waals surface area contributed by atoms with Gasteiger partial charge in [0.05, 0.1) is 18.2 Å². The van der Waals surface area contributed by atoms with Gasteiger partial charge in [-0.2, -0.15) is 0 Å². The van der Waals surface area contributed by atoms with Crippen molar-refractivity contribution in [1.82, 2.24) is 9.97 Å². The highest BCUT2D eigenvalue weighted by atomic mass is 16.5. The molecule has 29 heavy (non-hydrogen) atoms.